The fraction of sp³-hybridized carbons (Fsp3) is 0.579. The molecule has 3 rings (SSSR count). The average molecular weight is 348 g/mol. The Kier molecular flexibility index (Phi) is 5.56. The molecule has 2 aliphatic rings. The van der Waals surface area contributed by atoms with E-state index in [1.807, 2.05) is 0 Å². The standard InChI is InChI=1S/C19H25FN2O3/c1-12(23)21-18(13-5-2-3-6-13)19(24)22-16-7-4-10-25-17-9-8-14(20)11-15(16)17/h8-9,11,13,16,18H,2-7,10H2,1H3,(H,21,23)(H,22,24)/t16-,18+/m1/s1. The first-order valence-corrected chi connectivity index (χ1v) is 9.04. The molecule has 1 aliphatic heterocycles. The van der Waals surface area contributed by atoms with E-state index in [4.69, 9.17) is 4.74 Å². The molecule has 2 N–H and O–H groups in total. The molecule has 136 valence electrons. The molecule has 0 radical (unpaired) electrons. The Hall–Kier alpha value is -2.11. The van der Waals surface area contributed by atoms with E-state index in [1.54, 1.807) is 6.07 Å². The van der Waals surface area contributed by atoms with Crippen LogP contribution in [0, 0.1) is 11.7 Å². The smallest absolute Gasteiger partial charge is 0.243 e. The number of nitrogens with one attached hydrogen (secondary N) is 2. The van der Waals surface area contributed by atoms with Gasteiger partial charge < -0.3 is 15.4 Å². The van der Waals surface area contributed by atoms with Gasteiger partial charge in [-0.05, 0) is 49.8 Å². The van der Waals surface area contributed by atoms with Gasteiger partial charge in [0.05, 0.1) is 12.6 Å². The van der Waals surface area contributed by atoms with Gasteiger partial charge in [-0.3, -0.25) is 9.59 Å². The molecule has 5 nitrogen and oxygen atoms in total. The molecule has 1 fully saturated rings. The zero-order chi connectivity index (χ0) is 17.8. The lowest BCUT2D eigenvalue weighted by atomic mass is 9.95. The van der Waals surface area contributed by atoms with E-state index in [0.29, 0.717) is 24.3 Å². The molecule has 0 saturated heterocycles. The Morgan fingerprint density at radius 3 is 2.68 bits per heavy atom. The number of hydrogen-bond donors (Lipinski definition) is 2. The molecule has 6 heteroatoms. The van der Waals surface area contributed by atoms with E-state index < -0.39 is 6.04 Å². The molecule has 1 aromatic rings. The van der Waals surface area contributed by atoms with Crippen LogP contribution >= 0.6 is 0 Å². The van der Waals surface area contributed by atoms with E-state index in [9.17, 15) is 14.0 Å². The van der Waals surface area contributed by atoms with Gasteiger partial charge in [-0.25, -0.2) is 4.39 Å². The Balaban J connectivity index is 1.78. The van der Waals surface area contributed by atoms with Crippen LogP contribution in [0.3, 0.4) is 0 Å². The first-order valence-electron chi connectivity index (χ1n) is 9.04. The second kappa shape index (κ2) is 7.85. The second-order valence-electron chi connectivity index (χ2n) is 6.96. The molecule has 25 heavy (non-hydrogen) atoms. The van der Waals surface area contributed by atoms with Crippen LogP contribution in [0.4, 0.5) is 4.39 Å². The van der Waals surface area contributed by atoms with Crippen molar-refractivity contribution < 1.29 is 18.7 Å². The van der Waals surface area contributed by atoms with E-state index in [-0.39, 0.29) is 29.6 Å². The van der Waals surface area contributed by atoms with Gasteiger partial charge in [-0.15, -0.1) is 0 Å². The third-order valence-corrected chi connectivity index (χ3v) is 5.07. The summed E-state index contributed by atoms with van der Waals surface area (Å²) >= 11 is 0. The predicted octanol–water partition coefficient (Wildman–Crippen LogP) is 2.85. The van der Waals surface area contributed by atoms with Gasteiger partial charge in [0.2, 0.25) is 11.8 Å². The van der Waals surface area contributed by atoms with Crippen molar-refractivity contribution in [1.82, 2.24) is 10.6 Å². The quantitative estimate of drug-likeness (QED) is 0.879. The van der Waals surface area contributed by atoms with Crippen LogP contribution in [0.1, 0.15) is 57.1 Å². The predicted molar refractivity (Wildman–Crippen MR) is 91.6 cm³/mol. The molecular formula is C19H25FN2O3. The molecular weight excluding hydrogens is 323 g/mol. The van der Waals surface area contributed by atoms with Gasteiger partial charge in [-0.2, -0.15) is 0 Å². The average Bonchev–Trinajstić information content (AvgIpc) is 3.03. The van der Waals surface area contributed by atoms with Gasteiger partial charge in [0.15, 0.2) is 0 Å². The Labute approximate surface area is 147 Å². The monoisotopic (exact) mass is 348 g/mol. The molecule has 2 atom stereocenters. The van der Waals surface area contributed by atoms with E-state index >= 15 is 0 Å². The van der Waals surface area contributed by atoms with Crippen LogP contribution in [0.25, 0.3) is 0 Å². The lowest BCUT2D eigenvalue weighted by molar-refractivity contribution is -0.130. The number of rotatable bonds is 4. The van der Waals surface area contributed by atoms with E-state index in [0.717, 1.165) is 32.1 Å². The van der Waals surface area contributed by atoms with Gasteiger partial charge in [0, 0.05) is 12.5 Å². The van der Waals surface area contributed by atoms with Crippen molar-refractivity contribution in [2.75, 3.05) is 6.61 Å². The number of fused-ring (bicyclic) bond motifs is 1. The minimum atomic E-state index is -0.527. The highest BCUT2D eigenvalue weighted by Gasteiger charge is 2.33. The molecule has 0 bridgehead atoms. The highest BCUT2D eigenvalue weighted by atomic mass is 19.1. The molecule has 0 spiro atoms. The Morgan fingerprint density at radius 2 is 1.96 bits per heavy atom. The zero-order valence-corrected chi connectivity index (χ0v) is 14.5. The third kappa shape index (κ3) is 4.30. The summed E-state index contributed by atoms with van der Waals surface area (Å²) in [6.07, 6.45) is 5.50. The number of hydrogen-bond acceptors (Lipinski definition) is 3. The Morgan fingerprint density at radius 1 is 1.20 bits per heavy atom. The number of amides is 2. The third-order valence-electron chi connectivity index (χ3n) is 5.07. The lowest BCUT2D eigenvalue weighted by Crippen LogP contribution is -2.50. The molecule has 1 saturated carbocycles. The van der Waals surface area contributed by atoms with E-state index in [2.05, 4.69) is 10.6 Å². The number of halogens is 1. The lowest BCUT2D eigenvalue weighted by Gasteiger charge is -2.26. The molecule has 0 unspecified atom stereocenters. The number of ether oxygens (including phenoxy) is 1. The van der Waals surface area contributed by atoms with Gasteiger partial charge in [0.25, 0.3) is 0 Å². The van der Waals surface area contributed by atoms with Gasteiger partial charge in [-0.1, -0.05) is 12.8 Å². The van der Waals surface area contributed by atoms with Crippen LogP contribution in [0.2, 0.25) is 0 Å². The maximum Gasteiger partial charge on any atom is 0.243 e. The minimum Gasteiger partial charge on any atom is -0.493 e. The van der Waals surface area contributed by atoms with Crippen LogP contribution in [0.5, 0.6) is 5.75 Å². The van der Waals surface area contributed by atoms with Crippen molar-refractivity contribution in [3.63, 3.8) is 0 Å². The second-order valence-corrected chi connectivity index (χ2v) is 6.96. The minimum absolute atomic E-state index is 0.165. The summed E-state index contributed by atoms with van der Waals surface area (Å²) in [6.45, 7) is 1.97. The number of carbonyl (C=O) groups excluding carboxylic acids is 2. The van der Waals surface area contributed by atoms with Gasteiger partial charge in [0.1, 0.15) is 17.6 Å². The molecule has 1 aromatic carbocycles. The SMILES string of the molecule is CC(=O)N[C@H](C(=O)N[C@@H]1CCCOc2ccc(F)cc21)C1CCCC1. The first kappa shape index (κ1) is 17.7. The van der Waals surface area contributed by atoms with Crippen molar-refractivity contribution in [2.24, 2.45) is 5.92 Å². The summed E-state index contributed by atoms with van der Waals surface area (Å²) in [5, 5.41) is 5.83. The summed E-state index contributed by atoms with van der Waals surface area (Å²) in [5.41, 5.74) is 0.666. The summed E-state index contributed by atoms with van der Waals surface area (Å²) in [7, 11) is 0. The summed E-state index contributed by atoms with van der Waals surface area (Å²) < 4.78 is 19.3. The molecule has 1 heterocycles. The largest absolute Gasteiger partial charge is 0.493 e. The zero-order valence-electron chi connectivity index (χ0n) is 14.5. The van der Waals surface area contributed by atoms with Crippen LogP contribution < -0.4 is 15.4 Å². The van der Waals surface area contributed by atoms with Crippen molar-refractivity contribution >= 4 is 11.8 Å². The molecule has 0 aromatic heterocycles. The van der Waals surface area contributed by atoms with Crippen LogP contribution in [0.15, 0.2) is 18.2 Å². The highest BCUT2D eigenvalue weighted by Crippen LogP contribution is 2.33. The van der Waals surface area contributed by atoms with E-state index in [1.165, 1.54) is 19.1 Å². The topological polar surface area (TPSA) is 67.4 Å². The first-order chi connectivity index (χ1) is 12.0. The maximum atomic E-state index is 13.7. The fourth-order valence-electron chi connectivity index (χ4n) is 3.87. The highest BCUT2D eigenvalue weighted by molar-refractivity contribution is 5.87. The fourth-order valence-corrected chi connectivity index (χ4v) is 3.87. The molecule has 2 amide bonds. The van der Waals surface area contributed by atoms with Crippen molar-refractivity contribution in [1.29, 1.82) is 0 Å². The van der Waals surface area contributed by atoms with Gasteiger partial charge >= 0.3 is 0 Å². The van der Waals surface area contributed by atoms with Crippen molar-refractivity contribution in [3.8, 4) is 5.75 Å². The normalized spacial score (nSPS) is 21.6. The molecule has 1 aliphatic carbocycles. The van der Waals surface area contributed by atoms with Crippen LogP contribution in [-0.2, 0) is 9.59 Å². The summed E-state index contributed by atoms with van der Waals surface area (Å²) in [6, 6.07) is 3.56. The van der Waals surface area contributed by atoms with Crippen molar-refractivity contribution in [2.45, 2.75) is 57.5 Å². The summed E-state index contributed by atoms with van der Waals surface area (Å²) in [4.78, 5) is 24.4. The Bertz CT molecular complexity index is 644. The summed E-state index contributed by atoms with van der Waals surface area (Å²) in [5.74, 6) is 0.0312. The number of carbonyl (C=O) groups is 2. The number of benzene rings is 1. The van der Waals surface area contributed by atoms with Crippen LogP contribution in [-0.4, -0.2) is 24.5 Å². The maximum absolute atomic E-state index is 13.7. The van der Waals surface area contributed by atoms with Crippen molar-refractivity contribution in [3.05, 3.63) is 29.6 Å².